The molecule has 0 atom stereocenters. The standard InChI is InChI=1S/C23H30ClFN4O/c1-16-21(23(30)27-28-12-6-3-7-13-28)26-22(19-14-18(24)10-11-20(19)25)29(16)15-17-8-4-2-5-9-17/h10-11,14,17H,2-9,12-13,15H2,1H3,(H,27,30). The molecule has 1 aromatic heterocycles. The first-order chi connectivity index (χ1) is 14.5. The summed E-state index contributed by atoms with van der Waals surface area (Å²) in [6.45, 7) is 4.36. The third-order valence-electron chi connectivity index (χ3n) is 6.39. The molecule has 0 radical (unpaired) electrons. The molecule has 1 saturated heterocycles. The first-order valence-electron chi connectivity index (χ1n) is 11.1. The highest BCUT2D eigenvalue weighted by molar-refractivity contribution is 6.30. The minimum Gasteiger partial charge on any atom is -0.327 e. The van der Waals surface area contributed by atoms with Crippen molar-refractivity contribution in [1.82, 2.24) is 20.0 Å². The summed E-state index contributed by atoms with van der Waals surface area (Å²) in [6.07, 6.45) is 9.39. The lowest BCUT2D eigenvalue weighted by Gasteiger charge is -2.26. The summed E-state index contributed by atoms with van der Waals surface area (Å²) in [6, 6.07) is 4.49. The van der Waals surface area contributed by atoms with Gasteiger partial charge < -0.3 is 4.57 Å². The maximum atomic E-state index is 14.7. The number of nitrogens with zero attached hydrogens (tertiary/aromatic N) is 3. The predicted molar refractivity (Wildman–Crippen MR) is 117 cm³/mol. The molecule has 0 bridgehead atoms. The Kier molecular flexibility index (Phi) is 6.74. The molecule has 0 spiro atoms. The van der Waals surface area contributed by atoms with Crippen molar-refractivity contribution >= 4 is 17.5 Å². The van der Waals surface area contributed by atoms with Crippen LogP contribution in [0.2, 0.25) is 5.02 Å². The molecule has 1 N–H and O–H groups in total. The van der Waals surface area contributed by atoms with Crippen LogP contribution >= 0.6 is 11.6 Å². The highest BCUT2D eigenvalue weighted by Crippen LogP contribution is 2.31. The van der Waals surface area contributed by atoms with Gasteiger partial charge in [0.15, 0.2) is 5.69 Å². The van der Waals surface area contributed by atoms with Crippen molar-refractivity contribution in [2.75, 3.05) is 13.1 Å². The number of aromatic nitrogens is 2. The number of imidazole rings is 1. The summed E-state index contributed by atoms with van der Waals surface area (Å²) in [5, 5.41) is 2.42. The van der Waals surface area contributed by atoms with Gasteiger partial charge in [0.2, 0.25) is 0 Å². The lowest BCUT2D eigenvalue weighted by Crippen LogP contribution is -2.45. The Bertz CT molecular complexity index is 901. The number of piperidine rings is 1. The number of benzene rings is 1. The molecule has 1 amide bonds. The molecule has 7 heteroatoms. The van der Waals surface area contributed by atoms with Gasteiger partial charge in [-0.3, -0.25) is 10.2 Å². The van der Waals surface area contributed by atoms with Crippen molar-refractivity contribution < 1.29 is 9.18 Å². The third-order valence-corrected chi connectivity index (χ3v) is 6.62. The number of rotatable bonds is 5. The van der Waals surface area contributed by atoms with Gasteiger partial charge in [-0.2, -0.15) is 0 Å². The predicted octanol–water partition coefficient (Wildman–Crippen LogP) is 5.36. The van der Waals surface area contributed by atoms with Crippen LogP contribution in [0.3, 0.4) is 0 Å². The molecule has 2 fully saturated rings. The fraction of sp³-hybridized carbons (Fsp3) is 0.565. The fourth-order valence-electron chi connectivity index (χ4n) is 4.68. The largest absolute Gasteiger partial charge is 0.327 e. The number of halogens is 2. The molecule has 2 aliphatic rings. The molecule has 162 valence electrons. The van der Waals surface area contributed by atoms with Gasteiger partial charge in [0, 0.05) is 30.4 Å². The van der Waals surface area contributed by atoms with Crippen molar-refractivity contribution in [2.24, 2.45) is 5.92 Å². The molecule has 1 aliphatic heterocycles. The minimum atomic E-state index is -0.378. The van der Waals surface area contributed by atoms with E-state index in [1.165, 1.54) is 37.8 Å². The van der Waals surface area contributed by atoms with Crippen LogP contribution in [0.15, 0.2) is 18.2 Å². The molecule has 0 unspecified atom stereocenters. The highest BCUT2D eigenvalue weighted by atomic mass is 35.5. The van der Waals surface area contributed by atoms with Gasteiger partial charge in [-0.1, -0.05) is 37.3 Å². The molecule has 5 nitrogen and oxygen atoms in total. The zero-order valence-electron chi connectivity index (χ0n) is 17.6. The van der Waals surface area contributed by atoms with Crippen molar-refractivity contribution in [2.45, 2.75) is 64.8 Å². The Balaban J connectivity index is 1.68. The van der Waals surface area contributed by atoms with E-state index < -0.39 is 0 Å². The Hall–Kier alpha value is -1.92. The zero-order chi connectivity index (χ0) is 21.1. The van der Waals surface area contributed by atoms with E-state index in [0.29, 0.717) is 28.0 Å². The Morgan fingerprint density at radius 3 is 2.60 bits per heavy atom. The summed E-state index contributed by atoms with van der Waals surface area (Å²) in [5.74, 6) is 0.408. The van der Waals surface area contributed by atoms with Crippen LogP contribution in [0.5, 0.6) is 0 Å². The van der Waals surface area contributed by atoms with Gasteiger partial charge in [0.1, 0.15) is 11.6 Å². The van der Waals surface area contributed by atoms with Crippen LogP contribution in [0, 0.1) is 18.7 Å². The van der Waals surface area contributed by atoms with Gasteiger partial charge >= 0.3 is 0 Å². The van der Waals surface area contributed by atoms with E-state index in [0.717, 1.165) is 51.0 Å². The normalized spacial score (nSPS) is 18.5. The topological polar surface area (TPSA) is 50.2 Å². The average Bonchev–Trinajstić information content (AvgIpc) is 3.07. The third kappa shape index (κ3) is 4.70. The van der Waals surface area contributed by atoms with Gasteiger partial charge in [-0.25, -0.2) is 14.4 Å². The average molecular weight is 433 g/mol. The molecule has 4 rings (SSSR count). The van der Waals surface area contributed by atoms with Crippen LogP contribution in [0.25, 0.3) is 11.4 Å². The van der Waals surface area contributed by atoms with Crippen molar-refractivity contribution in [3.63, 3.8) is 0 Å². The van der Waals surface area contributed by atoms with Gasteiger partial charge in [0.05, 0.1) is 5.56 Å². The van der Waals surface area contributed by atoms with E-state index in [9.17, 15) is 9.18 Å². The summed E-state index contributed by atoms with van der Waals surface area (Å²) in [4.78, 5) is 17.7. The van der Waals surface area contributed by atoms with Crippen molar-refractivity contribution in [1.29, 1.82) is 0 Å². The second-order valence-corrected chi connectivity index (χ2v) is 9.03. The lowest BCUT2D eigenvalue weighted by molar-refractivity contribution is 0.0744. The van der Waals surface area contributed by atoms with Crippen LogP contribution in [-0.4, -0.2) is 33.6 Å². The minimum absolute atomic E-state index is 0.222. The van der Waals surface area contributed by atoms with E-state index in [4.69, 9.17) is 11.6 Å². The van der Waals surface area contributed by atoms with E-state index in [2.05, 4.69) is 10.4 Å². The molecule has 30 heavy (non-hydrogen) atoms. The Morgan fingerprint density at radius 1 is 1.17 bits per heavy atom. The van der Waals surface area contributed by atoms with E-state index in [1.807, 2.05) is 16.5 Å². The number of nitrogens with one attached hydrogen (secondary N) is 1. The van der Waals surface area contributed by atoms with Crippen molar-refractivity contribution in [3.05, 3.63) is 40.4 Å². The number of carbonyl (C=O) groups excluding carboxylic acids is 1. The molecular formula is C23H30ClFN4O. The quantitative estimate of drug-likeness (QED) is 0.691. The second kappa shape index (κ2) is 9.48. The molecule has 1 aliphatic carbocycles. The number of hydrogen-bond donors (Lipinski definition) is 1. The molecular weight excluding hydrogens is 403 g/mol. The number of hydrogen-bond acceptors (Lipinski definition) is 3. The first kappa shape index (κ1) is 21.3. The number of carbonyl (C=O) groups is 1. The monoisotopic (exact) mass is 432 g/mol. The van der Waals surface area contributed by atoms with Gasteiger partial charge in [-0.05, 0) is 56.7 Å². The summed E-state index contributed by atoms with van der Waals surface area (Å²) >= 11 is 6.16. The zero-order valence-corrected chi connectivity index (χ0v) is 18.3. The molecule has 2 heterocycles. The maximum absolute atomic E-state index is 14.7. The smallest absolute Gasteiger partial charge is 0.286 e. The number of hydrazine groups is 1. The van der Waals surface area contributed by atoms with Gasteiger partial charge in [-0.15, -0.1) is 0 Å². The van der Waals surface area contributed by atoms with Crippen molar-refractivity contribution in [3.8, 4) is 11.4 Å². The number of amides is 1. The molecule has 1 aromatic carbocycles. The summed E-state index contributed by atoms with van der Waals surface area (Å²) < 4.78 is 16.7. The van der Waals surface area contributed by atoms with Crippen LogP contribution in [0.4, 0.5) is 4.39 Å². The Labute approximate surface area is 182 Å². The van der Waals surface area contributed by atoms with E-state index >= 15 is 0 Å². The second-order valence-electron chi connectivity index (χ2n) is 8.60. The first-order valence-corrected chi connectivity index (χ1v) is 11.5. The van der Waals surface area contributed by atoms with E-state index in [1.54, 1.807) is 6.07 Å². The van der Waals surface area contributed by atoms with E-state index in [-0.39, 0.29) is 11.7 Å². The Morgan fingerprint density at radius 2 is 1.87 bits per heavy atom. The highest BCUT2D eigenvalue weighted by Gasteiger charge is 2.26. The maximum Gasteiger partial charge on any atom is 0.286 e. The molecule has 2 aromatic rings. The SMILES string of the molecule is Cc1c(C(=O)NN2CCCCC2)nc(-c2cc(Cl)ccc2F)n1CC1CCCCC1. The lowest BCUT2D eigenvalue weighted by atomic mass is 9.89. The summed E-state index contributed by atoms with van der Waals surface area (Å²) in [7, 11) is 0. The summed E-state index contributed by atoms with van der Waals surface area (Å²) in [5.41, 5.74) is 4.49. The van der Waals surface area contributed by atoms with Crippen LogP contribution < -0.4 is 5.43 Å². The molecule has 1 saturated carbocycles. The van der Waals surface area contributed by atoms with Crippen LogP contribution in [0.1, 0.15) is 67.5 Å². The van der Waals surface area contributed by atoms with Crippen LogP contribution in [-0.2, 0) is 6.54 Å². The van der Waals surface area contributed by atoms with Gasteiger partial charge in [0.25, 0.3) is 5.91 Å². The fourth-order valence-corrected chi connectivity index (χ4v) is 4.85.